The lowest BCUT2D eigenvalue weighted by Crippen LogP contribution is -2.23. The van der Waals surface area contributed by atoms with Gasteiger partial charge in [0.05, 0.1) is 7.11 Å². The number of carbonyl (C=O) groups is 1. The van der Waals surface area contributed by atoms with Crippen molar-refractivity contribution in [1.29, 1.82) is 0 Å². The summed E-state index contributed by atoms with van der Waals surface area (Å²) in [5.41, 5.74) is 2.93. The molecular weight excluding hydrogens is 420 g/mol. The fourth-order valence-corrected chi connectivity index (χ4v) is 4.20. The first-order chi connectivity index (χ1) is 15.8. The molecule has 0 aliphatic carbocycles. The minimum atomic E-state index is -0.0162. The quantitative estimate of drug-likeness (QED) is 0.378. The SMILES string of the molecule is COc1ccccc1CNC(=O)CCSc1nnc(-c2ccccc2)n1-c1ccccc1. The maximum atomic E-state index is 12.4. The van der Waals surface area contributed by atoms with Crippen molar-refractivity contribution >= 4 is 17.7 Å². The number of thioether (sulfide) groups is 1. The predicted molar refractivity (Wildman–Crippen MR) is 127 cm³/mol. The molecule has 0 saturated carbocycles. The molecule has 0 saturated heterocycles. The molecule has 1 amide bonds. The minimum absolute atomic E-state index is 0.0162. The van der Waals surface area contributed by atoms with E-state index in [1.54, 1.807) is 7.11 Å². The average Bonchev–Trinajstić information content (AvgIpc) is 3.28. The molecule has 3 aromatic carbocycles. The molecule has 1 aromatic heterocycles. The van der Waals surface area contributed by atoms with Gasteiger partial charge in [0.25, 0.3) is 0 Å². The molecule has 7 heteroatoms. The Morgan fingerprint density at radius 2 is 1.62 bits per heavy atom. The van der Waals surface area contributed by atoms with Crippen LogP contribution >= 0.6 is 11.8 Å². The Kier molecular flexibility index (Phi) is 7.19. The number of para-hydroxylation sites is 2. The normalized spacial score (nSPS) is 10.7. The second-order valence-corrected chi connectivity index (χ2v) is 8.09. The zero-order chi connectivity index (χ0) is 22.2. The standard InChI is InChI=1S/C25H24N4O2S/c1-31-22-15-9-8-12-20(22)18-26-23(30)16-17-32-25-28-27-24(19-10-4-2-5-11-19)29(25)21-13-6-3-7-14-21/h2-15H,16-18H2,1H3,(H,26,30). The third kappa shape index (κ3) is 5.18. The fraction of sp³-hybridized carbons (Fsp3) is 0.160. The van der Waals surface area contributed by atoms with Crippen LogP contribution in [0, 0.1) is 0 Å². The van der Waals surface area contributed by atoms with Gasteiger partial charge in [-0.15, -0.1) is 10.2 Å². The van der Waals surface area contributed by atoms with Crippen molar-refractivity contribution < 1.29 is 9.53 Å². The number of nitrogens with one attached hydrogen (secondary N) is 1. The number of methoxy groups -OCH3 is 1. The number of benzene rings is 3. The fourth-order valence-electron chi connectivity index (χ4n) is 3.31. The zero-order valence-electron chi connectivity index (χ0n) is 17.8. The van der Waals surface area contributed by atoms with E-state index in [-0.39, 0.29) is 5.91 Å². The third-order valence-electron chi connectivity index (χ3n) is 4.91. The van der Waals surface area contributed by atoms with Crippen molar-refractivity contribution in [2.75, 3.05) is 12.9 Å². The molecular formula is C25H24N4O2S. The van der Waals surface area contributed by atoms with Crippen LogP contribution in [-0.4, -0.2) is 33.5 Å². The van der Waals surface area contributed by atoms with Crippen LogP contribution in [0.25, 0.3) is 17.1 Å². The molecule has 0 unspecified atom stereocenters. The van der Waals surface area contributed by atoms with Gasteiger partial charge in [0, 0.05) is 35.5 Å². The smallest absolute Gasteiger partial charge is 0.221 e. The molecule has 4 rings (SSSR count). The van der Waals surface area contributed by atoms with Gasteiger partial charge in [-0.1, -0.05) is 78.5 Å². The van der Waals surface area contributed by atoms with Crippen LogP contribution in [0.3, 0.4) is 0 Å². The minimum Gasteiger partial charge on any atom is -0.496 e. The molecule has 0 fully saturated rings. The molecule has 0 spiro atoms. The Hall–Kier alpha value is -3.58. The predicted octanol–water partition coefficient (Wildman–Crippen LogP) is 4.74. The van der Waals surface area contributed by atoms with Crippen LogP contribution in [0.4, 0.5) is 0 Å². The Balaban J connectivity index is 1.42. The Bertz CT molecular complexity index is 1160. The molecule has 1 heterocycles. The molecule has 32 heavy (non-hydrogen) atoms. The van der Waals surface area contributed by atoms with Crippen molar-refractivity contribution in [2.45, 2.75) is 18.1 Å². The highest BCUT2D eigenvalue weighted by Gasteiger charge is 2.16. The van der Waals surface area contributed by atoms with Crippen LogP contribution in [0.5, 0.6) is 5.75 Å². The summed E-state index contributed by atoms with van der Waals surface area (Å²) in [5.74, 6) is 2.13. The summed E-state index contributed by atoms with van der Waals surface area (Å²) in [6, 6.07) is 27.7. The van der Waals surface area contributed by atoms with Crippen LogP contribution in [0.1, 0.15) is 12.0 Å². The lowest BCUT2D eigenvalue weighted by atomic mass is 10.2. The highest BCUT2D eigenvalue weighted by molar-refractivity contribution is 7.99. The summed E-state index contributed by atoms with van der Waals surface area (Å²) >= 11 is 1.52. The summed E-state index contributed by atoms with van der Waals surface area (Å²) in [6.45, 7) is 0.436. The van der Waals surface area contributed by atoms with E-state index in [4.69, 9.17) is 4.74 Å². The second kappa shape index (κ2) is 10.6. The van der Waals surface area contributed by atoms with Gasteiger partial charge in [0.2, 0.25) is 5.91 Å². The monoisotopic (exact) mass is 444 g/mol. The van der Waals surface area contributed by atoms with E-state index >= 15 is 0 Å². The molecule has 0 atom stereocenters. The highest BCUT2D eigenvalue weighted by Crippen LogP contribution is 2.28. The number of amides is 1. The Morgan fingerprint density at radius 1 is 0.938 bits per heavy atom. The first kappa shape index (κ1) is 21.6. The molecule has 0 aliphatic heterocycles. The van der Waals surface area contributed by atoms with Crippen LogP contribution < -0.4 is 10.1 Å². The van der Waals surface area contributed by atoms with Crippen molar-refractivity contribution in [3.63, 3.8) is 0 Å². The summed E-state index contributed by atoms with van der Waals surface area (Å²) in [4.78, 5) is 12.4. The maximum Gasteiger partial charge on any atom is 0.221 e. The molecule has 4 aromatic rings. The van der Waals surface area contributed by atoms with Gasteiger partial charge in [-0.25, -0.2) is 0 Å². The molecule has 162 valence electrons. The van der Waals surface area contributed by atoms with E-state index in [2.05, 4.69) is 15.5 Å². The maximum absolute atomic E-state index is 12.4. The van der Waals surface area contributed by atoms with Crippen molar-refractivity contribution in [3.05, 3.63) is 90.5 Å². The van der Waals surface area contributed by atoms with E-state index in [1.165, 1.54) is 11.8 Å². The molecule has 6 nitrogen and oxygen atoms in total. The zero-order valence-corrected chi connectivity index (χ0v) is 18.6. The first-order valence-corrected chi connectivity index (χ1v) is 11.3. The third-order valence-corrected chi connectivity index (χ3v) is 5.84. The van der Waals surface area contributed by atoms with Gasteiger partial charge in [-0.05, 0) is 18.2 Å². The van der Waals surface area contributed by atoms with Gasteiger partial charge in [0.1, 0.15) is 5.75 Å². The summed E-state index contributed by atoms with van der Waals surface area (Å²) in [5, 5.41) is 12.6. The number of hydrogen-bond donors (Lipinski definition) is 1. The summed E-state index contributed by atoms with van der Waals surface area (Å²) in [7, 11) is 1.63. The Morgan fingerprint density at radius 3 is 2.38 bits per heavy atom. The van der Waals surface area contributed by atoms with E-state index in [0.29, 0.717) is 18.7 Å². The van der Waals surface area contributed by atoms with Crippen LogP contribution in [0.15, 0.2) is 90.1 Å². The summed E-state index contributed by atoms with van der Waals surface area (Å²) in [6.07, 6.45) is 0.377. The van der Waals surface area contributed by atoms with Gasteiger partial charge in [0.15, 0.2) is 11.0 Å². The number of carbonyl (C=O) groups excluding carboxylic acids is 1. The molecule has 1 N–H and O–H groups in total. The van der Waals surface area contributed by atoms with Gasteiger partial charge < -0.3 is 10.1 Å². The van der Waals surface area contributed by atoms with Gasteiger partial charge in [-0.2, -0.15) is 0 Å². The van der Waals surface area contributed by atoms with Crippen molar-refractivity contribution in [2.24, 2.45) is 0 Å². The van der Waals surface area contributed by atoms with Gasteiger partial charge >= 0.3 is 0 Å². The number of aromatic nitrogens is 3. The van der Waals surface area contributed by atoms with Crippen LogP contribution in [-0.2, 0) is 11.3 Å². The first-order valence-electron chi connectivity index (χ1n) is 10.3. The van der Waals surface area contributed by atoms with E-state index in [0.717, 1.165) is 33.5 Å². The number of hydrogen-bond acceptors (Lipinski definition) is 5. The molecule has 0 aliphatic rings. The molecule has 0 bridgehead atoms. The average molecular weight is 445 g/mol. The van der Waals surface area contributed by atoms with E-state index in [9.17, 15) is 4.79 Å². The molecule has 0 radical (unpaired) electrons. The summed E-state index contributed by atoms with van der Waals surface area (Å²) < 4.78 is 7.37. The topological polar surface area (TPSA) is 69.0 Å². The highest BCUT2D eigenvalue weighted by atomic mass is 32.2. The Labute approximate surface area is 191 Å². The largest absolute Gasteiger partial charge is 0.496 e. The number of ether oxygens (including phenoxy) is 1. The lowest BCUT2D eigenvalue weighted by Gasteiger charge is -2.11. The van der Waals surface area contributed by atoms with E-state index < -0.39 is 0 Å². The van der Waals surface area contributed by atoms with Crippen molar-refractivity contribution in [3.8, 4) is 22.8 Å². The van der Waals surface area contributed by atoms with Crippen LogP contribution in [0.2, 0.25) is 0 Å². The second-order valence-electron chi connectivity index (χ2n) is 7.03. The number of nitrogens with zero attached hydrogens (tertiary/aromatic N) is 3. The van der Waals surface area contributed by atoms with Crippen molar-refractivity contribution in [1.82, 2.24) is 20.1 Å². The number of rotatable bonds is 9. The lowest BCUT2D eigenvalue weighted by molar-refractivity contribution is -0.120. The van der Waals surface area contributed by atoms with E-state index in [1.807, 2.05) is 89.5 Å². The van der Waals surface area contributed by atoms with Gasteiger partial charge in [-0.3, -0.25) is 9.36 Å².